The lowest BCUT2D eigenvalue weighted by molar-refractivity contribution is -0.137. The van der Waals surface area contributed by atoms with E-state index in [0.29, 0.717) is 0 Å². The fourth-order valence-electron chi connectivity index (χ4n) is 2.59. The molecule has 1 N–H and O–H groups in total. The Morgan fingerprint density at radius 1 is 1.28 bits per heavy atom. The van der Waals surface area contributed by atoms with Crippen molar-refractivity contribution < 1.29 is 13.2 Å². The van der Waals surface area contributed by atoms with E-state index < -0.39 is 12.6 Å². The Bertz CT molecular complexity index is 245. The first kappa shape index (κ1) is 15.7. The smallest absolute Gasteiger partial charge is 0.315 e. The van der Waals surface area contributed by atoms with E-state index in [1.54, 1.807) is 7.05 Å². The van der Waals surface area contributed by atoms with E-state index in [2.05, 4.69) is 15.1 Å². The fourth-order valence-corrected chi connectivity index (χ4v) is 2.59. The molecular weight excluding hydrogens is 243 g/mol. The summed E-state index contributed by atoms with van der Waals surface area (Å²) in [6.07, 6.45) is -3.57. The summed E-state index contributed by atoms with van der Waals surface area (Å²) in [5, 5.41) is 3.05. The van der Waals surface area contributed by atoms with Gasteiger partial charge >= 0.3 is 6.18 Å². The van der Waals surface area contributed by atoms with Crippen LogP contribution in [0.5, 0.6) is 0 Å². The molecule has 0 bridgehead atoms. The molecule has 1 fully saturated rings. The third kappa shape index (κ3) is 5.12. The maximum absolute atomic E-state index is 12.3. The van der Waals surface area contributed by atoms with E-state index in [1.165, 1.54) is 0 Å². The maximum atomic E-state index is 12.3. The first-order chi connectivity index (χ1) is 8.33. The molecule has 1 rings (SSSR count). The van der Waals surface area contributed by atoms with Crippen molar-refractivity contribution in [3.8, 4) is 0 Å². The van der Waals surface area contributed by atoms with Gasteiger partial charge in [-0.05, 0) is 47.1 Å². The zero-order chi connectivity index (χ0) is 13.8. The average molecular weight is 267 g/mol. The number of hydrogen-bond donors (Lipinski definition) is 1. The highest BCUT2D eigenvalue weighted by molar-refractivity contribution is 4.87. The lowest BCUT2D eigenvalue weighted by Gasteiger charge is -2.34. The first-order valence-electron chi connectivity index (χ1n) is 6.46. The van der Waals surface area contributed by atoms with Gasteiger partial charge in [-0.3, -0.25) is 0 Å². The van der Waals surface area contributed by atoms with E-state index in [-0.39, 0.29) is 18.5 Å². The Hall–Kier alpha value is -0.330. The van der Waals surface area contributed by atoms with E-state index in [9.17, 15) is 13.2 Å². The van der Waals surface area contributed by atoms with Gasteiger partial charge in [0.15, 0.2) is 0 Å². The molecule has 0 aromatic rings. The van der Waals surface area contributed by atoms with Crippen LogP contribution in [0.2, 0.25) is 0 Å². The van der Waals surface area contributed by atoms with Crippen molar-refractivity contribution >= 4 is 0 Å². The minimum atomic E-state index is -4.07. The molecule has 0 saturated carbocycles. The maximum Gasteiger partial charge on any atom is 0.389 e. The highest BCUT2D eigenvalue weighted by atomic mass is 19.4. The van der Waals surface area contributed by atoms with Crippen LogP contribution in [0.1, 0.15) is 19.3 Å². The van der Waals surface area contributed by atoms with Crippen LogP contribution in [-0.2, 0) is 0 Å². The van der Waals surface area contributed by atoms with Crippen molar-refractivity contribution in [2.24, 2.45) is 0 Å². The molecule has 0 spiro atoms. The summed E-state index contributed by atoms with van der Waals surface area (Å²) >= 11 is 0. The Morgan fingerprint density at radius 2 is 1.94 bits per heavy atom. The molecular formula is C12H24F3N3. The van der Waals surface area contributed by atoms with Gasteiger partial charge in [-0.25, -0.2) is 0 Å². The number of hydrogen-bond acceptors (Lipinski definition) is 3. The summed E-state index contributed by atoms with van der Waals surface area (Å²) in [5.74, 6) is 0. The summed E-state index contributed by atoms with van der Waals surface area (Å²) in [6, 6.07) is 0.0297. The topological polar surface area (TPSA) is 18.5 Å². The van der Waals surface area contributed by atoms with Gasteiger partial charge in [0.05, 0.1) is 0 Å². The Labute approximate surface area is 107 Å². The molecule has 1 aliphatic heterocycles. The zero-order valence-corrected chi connectivity index (χ0v) is 11.4. The quantitative estimate of drug-likeness (QED) is 0.834. The zero-order valence-electron chi connectivity index (χ0n) is 11.4. The molecule has 1 heterocycles. The van der Waals surface area contributed by atoms with Crippen LogP contribution in [0.15, 0.2) is 0 Å². The second kappa shape index (κ2) is 6.73. The van der Waals surface area contributed by atoms with Gasteiger partial charge in [0.1, 0.15) is 0 Å². The van der Waals surface area contributed by atoms with Crippen molar-refractivity contribution in [1.29, 1.82) is 0 Å². The van der Waals surface area contributed by atoms with E-state index in [4.69, 9.17) is 0 Å². The normalized spacial score (nSPS) is 26.0. The molecule has 0 aromatic heterocycles. The molecule has 6 heteroatoms. The Morgan fingerprint density at radius 3 is 2.50 bits per heavy atom. The van der Waals surface area contributed by atoms with Crippen LogP contribution in [-0.4, -0.2) is 68.8 Å². The van der Waals surface area contributed by atoms with Crippen LogP contribution in [0.25, 0.3) is 0 Å². The number of likely N-dealkylation sites (N-methyl/N-ethyl adjacent to an activating group) is 3. The molecule has 0 radical (unpaired) electrons. The summed E-state index contributed by atoms with van der Waals surface area (Å²) < 4.78 is 37.0. The van der Waals surface area contributed by atoms with Crippen molar-refractivity contribution in [3.63, 3.8) is 0 Å². The van der Waals surface area contributed by atoms with Crippen LogP contribution >= 0.6 is 0 Å². The van der Waals surface area contributed by atoms with E-state index >= 15 is 0 Å². The second-order valence-corrected chi connectivity index (χ2v) is 5.21. The van der Waals surface area contributed by atoms with Gasteiger partial charge in [0.2, 0.25) is 0 Å². The van der Waals surface area contributed by atoms with Crippen molar-refractivity contribution in [2.75, 3.05) is 40.8 Å². The number of nitrogens with one attached hydrogen (secondary N) is 1. The monoisotopic (exact) mass is 267 g/mol. The number of halogens is 3. The summed E-state index contributed by atoms with van der Waals surface area (Å²) in [7, 11) is 5.78. The lowest BCUT2D eigenvalue weighted by atomic mass is 10.0. The van der Waals surface area contributed by atoms with Crippen molar-refractivity contribution in [1.82, 2.24) is 15.1 Å². The van der Waals surface area contributed by atoms with Crippen LogP contribution in [0, 0.1) is 0 Å². The molecule has 2 unspecified atom stereocenters. The SMILES string of the molecule is CNC(CCC(F)(F)F)C1CN(C)CCCN1C. The van der Waals surface area contributed by atoms with Crippen molar-refractivity contribution in [3.05, 3.63) is 0 Å². The van der Waals surface area contributed by atoms with Crippen LogP contribution < -0.4 is 5.32 Å². The van der Waals surface area contributed by atoms with E-state index in [0.717, 1.165) is 26.1 Å². The highest BCUT2D eigenvalue weighted by Gasteiger charge is 2.32. The molecule has 0 aromatic carbocycles. The highest BCUT2D eigenvalue weighted by Crippen LogP contribution is 2.24. The Kier molecular flexibility index (Phi) is 5.88. The predicted octanol–water partition coefficient (Wildman–Crippen LogP) is 1.55. The molecule has 1 saturated heterocycles. The number of rotatable bonds is 4. The third-order valence-corrected chi connectivity index (χ3v) is 3.69. The third-order valence-electron chi connectivity index (χ3n) is 3.69. The number of nitrogens with zero attached hydrogens (tertiary/aromatic N) is 2. The molecule has 1 aliphatic rings. The second-order valence-electron chi connectivity index (χ2n) is 5.21. The molecule has 108 valence electrons. The molecule has 0 amide bonds. The minimum Gasteiger partial charge on any atom is -0.315 e. The van der Waals surface area contributed by atoms with E-state index in [1.807, 2.05) is 14.1 Å². The van der Waals surface area contributed by atoms with Gasteiger partial charge in [-0.1, -0.05) is 0 Å². The van der Waals surface area contributed by atoms with Gasteiger partial charge in [0, 0.05) is 25.0 Å². The van der Waals surface area contributed by atoms with Gasteiger partial charge in [-0.15, -0.1) is 0 Å². The van der Waals surface area contributed by atoms with Crippen molar-refractivity contribution in [2.45, 2.75) is 37.5 Å². The van der Waals surface area contributed by atoms with Gasteiger partial charge in [-0.2, -0.15) is 13.2 Å². The molecule has 0 aliphatic carbocycles. The summed E-state index contributed by atoms with van der Waals surface area (Å²) in [6.45, 7) is 2.77. The van der Waals surface area contributed by atoms with Crippen LogP contribution in [0.4, 0.5) is 13.2 Å². The largest absolute Gasteiger partial charge is 0.389 e. The average Bonchev–Trinajstić information content (AvgIpc) is 2.41. The van der Waals surface area contributed by atoms with Crippen LogP contribution in [0.3, 0.4) is 0 Å². The summed E-state index contributed by atoms with van der Waals surface area (Å²) in [4.78, 5) is 4.38. The van der Waals surface area contributed by atoms with Gasteiger partial charge in [0.25, 0.3) is 0 Å². The van der Waals surface area contributed by atoms with Gasteiger partial charge < -0.3 is 15.1 Å². The fraction of sp³-hybridized carbons (Fsp3) is 1.00. The standard InChI is InChI=1S/C12H24F3N3/c1-16-10(5-6-12(13,14)15)11-9-17(2)7-4-8-18(11)3/h10-11,16H,4-9H2,1-3H3. The first-order valence-corrected chi connectivity index (χ1v) is 6.46. The molecule has 18 heavy (non-hydrogen) atoms. The number of alkyl halides is 3. The lowest BCUT2D eigenvalue weighted by Crippen LogP contribution is -2.51. The molecule has 2 atom stereocenters. The summed E-state index contributed by atoms with van der Waals surface area (Å²) in [5.41, 5.74) is 0. The predicted molar refractivity (Wildman–Crippen MR) is 66.7 cm³/mol. The Balaban J connectivity index is 2.60. The molecule has 3 nitrogen and oxygen atoms in total. The minimum absolute atomic E-state index is 0.114.